The summed E-state index contributed by atoms with van der Waals surface area (Å²) in [6.45, 7) is 0. The fourth-order valence-corrected chi connectivity index (χ4v) is 4.27. The molecular formula is C17H22ClFN4OS. The molecule has 0 radical (unpaired) electrons. The van der Waals surface area contributed by atoms with E-state index in [1.165, 1.54) is 12.1 Å². The summed E-state index contributed by atoms with van der Waals surface area (Å²) >= 11 is 5.37. The lowest BCUT2D eigenvalue weighted by Gasteiger charge is -2.29. The summed E-state index contributed by atoms with van der Waals surface area (Å²) in [5, 5.41) is 7.91. The van der Waals surface area contributed by atoms with E-state index in [2.05, 4.69) is 14.9 Å². The lowest BCUT2D eigenvalue weighted by atomic mass is 9.84. The van der Waals surface area contributed by atoms with Crippen molar-refractivity contribution in [2.45, 2.75) is 37.6 Å². The average Bonchev–Trinajstić information content (AvgIpc) is 2.97. The molecule has 0 bridgehead atoms. The molecular weight excluding hydrogens is 363 g/mol. The number of aromatic amines is 1. The SMILES string of the molecule is CN(C)S(=O)NC1CCC(c2[nH]nc(-c3cccc(F)c3)c2Cl)CC1. The van der Waals surface area contributed by atoms with E-state index in [1.54, 1.807) is 30.5 Å². The minimum Gasteiger partial charge on any atom is -0.280 e. The van der Waals surface area contributed by atoms with Gasteiger partial charge >= 0.3 is 0 Å². The molecule has 8 heteroatoms. The number of H-pyrrole nitrogens is 1. The topological polar surface area (TPSA) is 61.0 Å². The van der Waals surface area contributed by atoms with E-state index < -0.39 is 11.2 Å². The normalized spacial score (nSPS) is 22.3. The molecule has 0 aliphatic heterocycles. The van der Waals surface area contributed by atoms with Gasteiger partial charge in [0.1, 0.15) is 11.5 Å². The third kappa shape index (κ3) is 4.28. The first-order valence-corrected chi connectivity index (χ1v) is 9.79. The summed E-state index contributed by atoms with van der Waals surface area (Å²) in [4.78, 5) is 0. The molecule has 0 amide bonds. The van der Waals surface area contributed by atoms with Crippen molar-refractivity contribution in [3.63, 3.8) is 0 Å². The zero-order valence-corrected chi connectivity index (χ0v) is 15.8. The number of hydrogen-bond acceptors (Lipinski definition) is 2. The standard InChI is InChI=1S/C17H22ClFN4OS/c1-23(2)25(24)22-14-8-6-11(7-9-14)16-15(18)17(21-20-16)12-4-3-5-13(19)10-12/h3-5,10-11,14,22H,6-9H2,1-2H3,(H,20,21). The van der Waals surface area contributed by atoms with Crippen molar-refractivity contribution in [2.24, 2.45) is 0 Å². The molecule has 2 aromatic rings. The minimum absolute atomic E-state index is 0.240. The van der Waals surface area contributed by atoms with Crippen molar-refractivity contribution in [3.05, 3.63) is 40.8 Å². The van der Waals surface area contributed by atoms with Crippen LogP contribution in [-0.4, -0.2) is 38.8 Å². The van der Waals surface area contributed by atoms with E-state index in [9.17, 15) is 8.60 Å². The Morgan fingerprint density at radius 3 is 2.68 bits per heavy atom. The van der Waals surface area contributed by atoms with Gasteiger partial charge in [0.05, 0.1) is 10.7 Å². The van der Waals surface area contributed by atoms with Gasteiger partial charge in [-0.1, -0.05) is 23.7 Å². The first-order valence-electron chi connectivity index (χ1n) is 8.30. The Hall–Kier alpha value is -1.28. The van der Waals surface area contributed by atoms with Gasteiger partial charge in [-0.05, 0) is 37.8 Å². The Morgan fingerprint density at radius 2 is 2.04 bits per heavy atom. The molecule has 1 aliphatic carbocycles. The van der Waals surface area contributed by atoms with E-state index in [0.29, 0.717) is 16.3 Å². The number of aromatic nitrogens is 2. The summed E-state index contributed by atoms with van der Waals surface area (Å²) in [6, 6.07) is 6.52. The second-order valence-electron chi connectivity index (χ2n) is 6.54. The molecule has 1 fully saturated rings. The molecule has 1 unspecified atom stereocenters. The predicted octanol–water partition coefficient (Wildman–Crippen LogP) is 3.63. The summed E-state index contributed by atoms with van der Waals surface area (Å²) < 4.78 is 30.1. The Morgan fingerprint density at radius 1 is 1.32 bits per heavy atom. The van der Waals surface area contributed by atoms with Crippen molar-refractivity contribution >= 4 is 22.8 Å². The summed E-state index contributed by atoms with van der Waals surface area (Å²) in [7, 11) is 3.57. The Labute approximate surface area is 154 Å². The highest BCUT2D eigenvalue weighted by Gasteiger charge is 2.27. The fourth-order valence-electron chi connectivity index (χ4n) is 3.19. The lowest BCUT2D eigenvalue weighted by molar-refractivity contribution is 0.370. The quantitative estimate of drug-likeness (QED) is 0.826. The van der Waals surface area contributed by atoms with Gasteiger partial charge in [0.2, 0.25) is 0 Å². The molecule has 3 rings (SSSR count). The van der Waals surface area contributed by atoms with Gasteiger partial charge in [-0.3, -0.25) is 5.10 Å². The van der Waals surface area contributed by atoms with Crippen LogP contribution >= 0.6 is 11.6 Å². The molecule has 0 saturated heterocycles. The maximum absolute atomic E-state index is 13.4. The van der Waals surface area contributed by atoms with E-state index in [0.717, 1.165) is 31.4 Å². The van der Waals surface area contributed by atoms with E-state index >= 15 is 0 Å². The maximum atomic E-state index is 13.4. The van der Waals surface area contributed by atoms with Gasteiger partial charge in [-0.2, -0.15) is 5.10 Å². The Kier molecular flexibility index (Phi) is 5.89. The van der Waals surface area contributed by atoms with Gasteiger partial charge < -0.3 is 0 Å². The molecule has 1 saturated carbocycles. The zero-order chi connectivity index (χ0) is 18.0. The Bertz CT molecular complexity index is 759. The van der Waals surface area contributed by atoms with E-state index in [1.807, 2.05) is 0 Å². The van der Waals surface area contributed by atoms with Gasteiger partial charge in [0.15, 0.2) is 11.2 Å². The van der Waals surface area contributed by atoms with Crippen LogP contribution in [0, 0.1) is 5.82 Å². The average molecular weight is 385 g/mol. The molecule has 1 atom stereocenters. The highest BCUT2D eigenvalue weighted by Crippen LogP contribution is 2.39. The van der Waals surface area contributed by atoms with Crippen LogP contribution in [0.1, 0.15) is 37.3 Å². The van der Waals surface area contributed by atoms with Gasteiger partial charge in [0.25, 0.3) is 0 Å². The summed E-state index contributed by atoms with van der Waals surface area (Å²) in [6.07, 6.45) is 3.73. The first kappa shape index (κ1) is 18.5. The molecule has 1 aromatic heterocycles. The molecule has 1 aliphatic rings. The third-order valence-electron chi connectivity index (χ3n) is 4.57. The van der Waals surface area contributed by atoms with Crippen LogP contribution in [0.25, 0.3) is 11.3 Å². The number of benzene rings is 1. The fraction of sp³-hybridized carbons (Fsp3) is 0.471. The number of nitrogens with zero attached hydrogens (tertiary/aromatic N) is 2. The highest BCUT2D eigenvalue weighted by molar-refractivity contribution is 7.80. The van der Waals surface area contributed by atoms with Crippen LogP contribution in [0.4, 0.5) is 4.39 Å². The molecule has 2 N–H and O–H groups in total. The van der Waals surface area contributed by atoms with Crippen LogP contribution in [0.3, 0.4) is 0 Å². The van der Waals surface area contributed by atoms with Crippen molar-refractivity contribution < 1.29 is 8.60 Å². The van der Waals surface area contributed by atoms with Crippen LogP contribution < -0.4 is 4.72 Å². The number of rotatable bonds is 5. The largest absolute Gasteiger partial charge is 0.280 e. The lowest BCUT2D eigenvalue weighted by Crippen LogP contribution is -2.39. The van der Waals surface area contributed by atoms with Crippen LogP contribution in [0.5, 0.6) is 0 Å². The Balaban J connectivity index is 1.67. The number of hydrogen-bond donors (Lipinski definition) is 2. The highest BCUT2D eigenvalue weighted by atomic mass is 35.5. The van der Waals surface area contributed by atoms with Crippen LogP contribution in [-0.2, 0) is 11.2 Å². The van der Waals surface area contributed by atoms with Crippen LogP contribution in [0.2, 0.25) is 5.02 Å². The predicted molar refractivity (Wildman–Crippen MR) is 99.0 cm³/mol. The summed E-state index contributed by atoms with van der Waals surface area (Å²) in [5.74, 6) is -0.0215. The third-order valence-corrected chi connectivity index (χ3v) is 6.15. The van der Waals surface area contributed by atoms with Gasteiger partial charge in [-0.25, -0.2) is 17.6 Å². The number of nitrogens with one attached hydrogen (secondary N) is 2. The zero-order valence-electron chi connectivity index (χ0n) is 14.3. The first-order chi connectivity index (χ1) is 12.0. The van der Waals surface area contributed by atoms with E-state index in [4.69, 9.17) is 11.6 Å². The smallest absolute Gasteiger partial charge is 0.169 e. The van der Waals surface area contributed by atoms with Crippen molar-refractivity contribution in [3.8, 4) is 11.3 Å². The molecule has 25 heavy (non-hydrogen) atoms. The van der Waals surface area contributed by atoms with Gasteiger partial charge in [-0.15, -0.1) is 0 Å². The van der Waals surface area contributed by atoms with Crippen molar-refractivity contribution in [1.82, 2.24) is 19.2 Å². The molecule has 0 spiro atoms. The van der Waals surface area contributed by atoms with Gasteiger partial charge in [0, 0.05) is 31.6 Å². The molecule has 1 aromatic carbocycles. The number of halogens is 2. The molecule has 136 valence electrons. The second-order valence-corrected chi connectivity index (χ2v) is 8.38. The minimum atomic E-state index is -1.15. The summed E-state index contributed by atoms with van der Waals surface area (Å²) in [5.41, 5.74) is 2.17. The van der Waals surface area contributed by atoms with Crippen LogP contribution in [0.15, 0.2) is 24.3 Å². The second kappa shape index (κ2) is 7.95. The molecule has 5 nitrogen and oxygen atoms in total. The van der Waals surface area contributed by atoms with Crippen molar-refractivity contribution in [1.29, 1.82) is 0 Å². The van der Waals surface area contributed by atoms with Crippen molar-refractivity contribution in [2.75, 3.05) is 14.1 Å². The molecule has 1 heterocycles. The van der Waals surface area contributed by atoms with E-state index in [-0.39, 0.29) is 17.8 Å². The monoisotopic (exact) mass is 384 g/mol. The maximum Gasteiger partial charge on any atom is 0.169 e.